The Morgan fingerprint density at radius 2 is 2.05 bits per heavy atom. The number of aryl methyl sites for hydroxylation is 1. The molecule has 0 saturated heterocycles. The van der Waals surface area contributed by atoms with Gasteiger partial charge in [0.15, 0.2) is 0 Å². The summed E-state index contributed by atoms with van der Waals surface area (Å²) in [5.41, 5.74) is 2.80. The first-order chi connectivity index (χ1) is 10.3. The Morgan fingerprint density at radius 1 is 1.19 bits per heavy atom. The summed E-state index contributed by atoms with van der Waals surface area (Å²) in [6.45, 7) is 1.47. The van der Waals surface area contributed by atoms with Crippen LogP contribution in [0.1, 0.15) is 55.8 Å². The Hall–Kier alpha value is -1.35. The first-order valence-electron chi connectivity index (χ1n) is 8.32. The fraction of sp³-hybridized carbons (Fsp3) is 0.611. The van der Waals surface area contributed by atoms with Gasteiger partial charge in [0, 0.05) is 19.1 Å². The van der Waals surface area contributed by atoms with Crippen molar-refractivity contribution in [1.82, 2.24) is 5.32 Å². The number of benzene rings is 1. The lowest BCUT2D eigenvalue weighted by molar-refractivity contribution is -0.127. The molecule has 0 spiro atoms. The Bertz CT molecular complexity index is 482. The molecule has 21 heavy (non-hydrogen) atoms. The van der Waals surface area contributed by atoms with E-state index in [-0.39, 0.29) is 17.9 Å². The SMILES string of the molecule is O=C(NCCCOC1CCCc2ccccc21)C1CCC1. The third-order valence-electron chi connectivity index (χ3n) is 4.73. The first-order valence-corrected chi connectivity index (χ1v) is 8.32. The summed E-state index contributed by atoms with van der Waals surface area (Å²) < 4.78 is 6.04. The van der Waals surface area contributed by atoms with Crippen molar-refractivity contribution in [1.29, 1.82) is 0 Å². The number of carbonyl (C=O) groups excluding carboxylic acids is 1. The third-order valence-corrected chi connectivity index (χ3v) is 4.73. The number of hydrogen-bond donors (Lipinski definition) is 1. The van der Waals surface area contributed by atoms with Gasteiger partial charge in [0.05, 0.1) is 6.10 Å². The molecule has 1 aromatic rings. The smallest absolute Gasteiger partial charge is 0.223 e. The van der Waals surface area contributed by atoms with E-state index in [1.54, 1.807) is 0 Å². The lowest BCUT2D eigenvalue weighted by atomic mass is 9.85. The van der Waals surface area contributed by atoms with Gasteiger partial charge in [0.1, 0.15) is 0 Å². The summed E-state index contributed by atoms with van der Waals surface area (Å²) in [5, 5.41) is 3.02. The minimum Gasteiger partial charge on any atom is -0.373 e. The predicted molar refractivity (Wildman–Crippen MR) is 83.0 cm³/mol. The zero-order chi connectivity index (χ0) is 14.5. The normalized spacial score (nSPS) is 21.4. The van der Waals surface area contributed by atoms with Crippen molar-refractivity contribution in [3.63, 3.8) is 0 Å². The molecule has 0 bridgehead atoms. The van der Waals surface area contributed by atoms with Gasteiger partial charge < -0.3 is 10.1 Å². The van der Waals surface area contributed by atoms with Crippen LogP contribution in [0.25, 0.3) is 0 Å². The highest BCUT2D eigenvalue weighted by Gasteiger charge is 2.24. The van der Waals surface area contributed by atoms with Crippen LogP contribution in [0.3, 0.4) is 0 Å². The number of fused-ring (bicyclic) bond motifs is 1. The molecule has 0 radical (unpaired) electrons. The second kappa shape index (κ2) is 7.08. The largest absolute Gasteiger partial charge is 0.373 e. The summed E-state index contributed by atoms with van der Waals surface area (Å²) in [6.07, 6.45) is 8.00. The number of amides is 1. The molecule has 1 saturated carbocycles. The maximum atomic E-state index is 11.7. The van der Waals surface area contributed by atoms with E-state index in [1.165, 1.54) is 30.4 Å². The highest BCUT2D eigenvalue weighted by atomic mass is 16.5. The van der Waals surface area contributed by atoms with E-state index in [9.17, 15) is 4.79 Å². The predicted octanol–water partition coefficient (Wildman–Crippen LogP) is 3.39. The molecule has 1 amide bonds. The van der Waals surface area contributed by atoms with Crippen molar-refractivity contribution in [2.45, 2.75) is 51.0 Å². The zero-order valence-electron chi connectivity index (χ0n) is 12.6. The Balaban J connectivity index is 1.37. The number of carbonyl (C=O) groups is 1. The highest BCUT2D eigenvalue weighted by molar-refractivity contribution is 5.79. The van der Waals surface area contributed by atoms with Gasteiger partial charge in [-0.05, 0) is 49.7 Å². The molecule has 0 heterocycles. The second-order valence-corrected chi connectivity index (χ2v) is 6.22. The lowest BCUT2D eigenvalue weighted by Crippen LogP contribution is -2.35. The topological polar surface area (TPSA) is 38.3 Å². The molecule has 3 heteroatoms. The van der Waals surface area contributed by atoms with Crippen molar-refractivity contribution < 1.29 is 9.53 Å². The first kappa shape index (κ1) is 14.6. The molecule has 0 aromatic heterocycles. The molecule has 1 atom stereocenters. The number of nitrogens with one attached hydrogen (secondary N) is 1. The van der Waals surface area contributed by atoms with Crippen LogP contribution in [0, 0.1) is 5.92 Å². The third kappa shape index (κ3) is 3.65. The van der Waals surface area contributed by atoms with Gasteiger partial charge in [-0.25, -0.2) is 0 Å². The van der Waals surface area contributed by atoms with Crippen LogP contribution in [0.15, 0.2) is 24.3 Å². The number of ether oxygens (including phenoxy) is 1. The van der Waals surface area contributed by atoms with Crippen LogP contribution in [-0.4, -0.2) is 19.1 Å². The zero-order valence-corrected chi connectivity index (χ0v) is 12.6. The summed E-state index contributed by atoms with van der Waals surface area (Å²) in [4.78, 5) is 11.7. The molecule has 3 nitrogen and oxygen atoms in total. The van der Waals surface area contributed by atoms with Gasteiger partial charge in [-0.3, -0.25) is 4.79 Å². The molecular weight excluding hydrogens is 262 g/mol. The standard InChI is InChI=1S/C18H25NO2/c20-18(15-8-3-9-15)19-12-5-13-21-17-11-4-7-14-6-1-2-10-16(14)17/h1-2,6,10,15,17H,3-5,7-9,11-13H2,(H,19,20). The molecular formula is C18H25NO2. The van der Waals surface area contributed by atoms with E-state index in [1.807, 2.05) is 0 Å². The van der Waals surface area contributed by atoms with E-state index in [0.29, 0.717) is 0 Å². The van der Waals surface area contributed by atoms with E-state index >= 15 is 0 Å². The van der Waals surface area contributed by atoms with Crippen molar-refractivity contribution in [3.05, 3.63) is 35.4 Å². The minimum atomic E-state index is 0.240. The molecule has 0 aliphatic heterocycles. The summed E-state index contributed by atoms with van der Waals surface area (Å²) >= 11 is 0. The van der Waals surface area contributed by atoms with Crippen LogP contribution in [-0.2, 0) is 16.0 Å². The fourth-order valence-corrected chi connectivity index (χ4v) is 3.21. The fourth-order valence-electron chi connectivity index (χ4n) is 3.21. The molecule has 1 unspecified atom stereocenters. The van der Waals surface area contributed by atoms with Gasteiger partial charge in [-0.1, -0.05) is 30.7 Å². The molecule has 1 fully saturated rings. The average molecular weight is 287 g/mol. The average Bonchev–Trinajstić information content (AvgIpc) is 2.45. The van der Waals surface area contributed by atoms with Crippen LogP contribution >= 0.6 is 0 Å². The second-order valence-electron chi connectivity index (χ2n) is 6.22. The Morgan fingerprint density at radius 3 is 2.86 bits per heavy atom. The van der Waals surface area contributed by atoms with Gasteiger partial charge in [-0.15, -0.1) is 0 Å². The maximum absolute atomic E-state index is 11.7. The number of hydrogen-bond acceptors (Lipinski definition) is 2. The van der Waals surface area contributed by atoms with E-state index < -0.39 is 0 Å². The van der Waals surface area contributed by atoms with Gasteiger partial charge >= 0.3 is 0 Å². The van der Waals surface area contributed by atoms with Gasteiger partial charge in [0.2, 0.25) is 5.91 Å². The van der Waals surface area contributed by atoms with E-state index in [4.69, 9.17) is 4.74 Å². The van der Waals surface area contributed by atoms with Gasteiger partial charge in [0.25, 0.3) is 0 Å². The monoisotopic (exact) mass is 287 g/mol. The van der Waals surface area contributed by atoms with E-state index in [0.717, 1.165) is 38.8 Å². The van der Waals surface area contributed by atoms with Crippen LogP contribution in [0.5, 0.6) is 0 Å². The number of rotatable bonds is 6. The molecule has 114 valence electrons. The highest BCUT2D eigenvalue weighted by Crippen LogP contribution is 2.32. The van der Waals surface area contributed by atoms with Crippen molar-refractivity contribution in [3.8, 4) is 0 Å². The molecule has 3 rings (SSSR count). The summed E-state index contributed by atoms with van der Waals surface area (Å²) in [7, 11) is 0. The van der Waals surface area contributed by atoms with E-state index in [2.05, 4.69) is 29.6 Å². The summed E-state index contributed by atoms with van der Waals surface area (Å²) in [5.74, 6) is 0.528. The summed E-state index contributed by atoms with van der Waals surface area (Å²) in [6, 6.07) is 8.61. The van der Waals surface area contributed by atoms with Crippen molar-refractivity contribution >= 4 is 5.91 Å². The Labute approximate surface area is 127 Å². The lowest BCUT2D eigenvalue weighted by Gasteiger charge is -2.26. The quantitative estimate of drug-likeness (QED) is 0.815. The van der Waals surface area contributed by atoms with Crippen molar-refractivity contribution in [2.24, 2.45) is 5.92 Å². The molecule has 2 aliphatic rings. The van der Waals surface area contributed by atoms with Crippen molar-refractivity contribution in [2.75, 3.05) is 13.2 Å². The molecule has 2 aliphatic carbocycles. The van der Waals surface area contributed by atoms with Crippen LogP contribution in [0.4, 0.5) is 0 Å². The minimum absolute atomic E-state index is 0.240. The molecule has 1 aromatic carbocycles. The van der Waals surface area contributed by atoms with Crippen LogP contribution < -0.4 is 5.32 Å². The maximum Gasteiger partial charge on any atom is 0.223 e. The Kier molecular flexibility index (Phi) is 4.91. The van der Waals surface area contributed by atoms with Gasteiger partial charge in [-0.2, -0.15) is 0 Å². The molecule has 1 N–H and O–H groups in total. The van der Waals surface area contributed by atoms with Crippen LogP contribution in [0.2, 0.25) is 0 Å².